The number of nitrogens with one attached hydrogen (secondary N) is 1. The van der Waals surface area contributed by atoms with Crippen LogP contribution < -0.4 is 5.32 Å². The van der Waals surface area contributed by atoms with Crippen LogP contribution in [0.25, 0.3) is 10.2 Å². The first-order valence-electron chi connectivity index (χ1n) is 7.95. The van der Waals surface area contributed by atoms with Crippen molar-refractivity contribution in [2.45, 2.75) is 39.0 Å². The van der Waals surface area contributed by atoms with Gasteiger partial charge in [-0.05, 0) is 39.0 Å². The lowest BCUT2D eigenvalue weighted by Crippen LogP contribution is -2.39. The van der Waals surface area contributed by atoms with Crippen molar-refractivity contribution >= 4 is 27.5 Å². The molecule has 0 saturated heterocycles. The molecule has 2 aromatic heterocycles. The molecule has 132 valence electrons. The molecule has 3 N–H and O–H groups in total. The molecule has 3 aromatic rings. The molecule has 2 heterocycles. The number of aliphatic hydroxyl groups excluding tert-OH is 2. The summed E-state index contributed by atoms with van der Waals surface area (Å²) >= 11 is 1.26. The van der Waals surface area contributed by atoms with E-state index in [1.807, 2.05) is 44.2 Å². The Hall–Kier alpha value is -2.22. The number of thiazole rings is 1. The Balaban J connectivity index is 1.71. The number of nitrogens with zero attached hydrogens (tertiary/aromatic N) is 1. The van der Waals surface area contributed by atoms with Gasteiger partial charge in [-0.15, -0.1) is 11.3 Å². The molecule has 25 heavy (non-hydrogen) atoms. The lowest BCUT2D eigenvalue weighted by Gasteiger charge is -2.19. The van der Waals surface area contributed by atoms with Crippen molar-refractivity contribution in [3.8, 4) is 0 Å². The fraction of sp³-hybridized carbons (Fsp3) is 0.333. The van der Waals surface area contributed by atoms with Gasteiger partial charge in [0.05, 0.1) is 16.3 Å². The van der Waals surface area contributed by atoms with E-state index in [-0.39, 0.29) is 6.04 Å². The number of carbonyl (C=O) groups is 1. The van der Waals surface area contributed by atoms with Crippen LogP contribution in [-0.2, 0) is 4.79 Å². The van der Waals surface area contributed by atoms with Gasteiger partial charge < -0.3 is 19.9 Å². The van der Waals surface area contributed by atoms with Crippen LogP contribution in [0, 0.1) is 13.8 Å². The molecule has 3 atom stereocenters. The van der Waals surface area contributed by atoms with E-state index in [4.69, 9.17) is 4.42 Å². The van der Waals surface area contributed by atoms with Gasteiger partial charge >= 0.3 is 0 Å². The number of hydrogen-bond donors (Lipinski definition) is 3. The summed E-state index contributed by atoms with van der Waals surface area (Å²) < 4.78 is 6.35. The van der Waals surface area contributed by atoms with Gasteiger partial charge in [0.2, 0.25) is 0 Å². The number of furan rings is 1. The molecule has 1 amide bonds. The lowest BCUT2D eigenvalue weighted by atomic mass is 10.1. The summed E-state index contributed by atoms with van der Waals surface area (Å²) in [6.07, 6.45) is -2.98. The van der Waals surface area contributed by atoms with Crippen molar-refractivity contribution in [2.75, 3.05) is 0 Å². The second-order valence-electron chi connectivity index (χ2n) is 6.01. The highest BCUT2D eigenvalue weighted by atomic mass is 32.1. The predicted molar refractivity (Wildman–Crippen MR) is 95.3 cm³/mol. The van der Waals surface area contributed by atoms with Crippen molar-refractivity contribution in [1.29, 1.82) is 0 Å². The number of aryl methyl sites for hydroxylation is 2. The second kappa shape index (κ2) is 6.95. The molecule has 0 bridgehead atoms. The third-order valence-electron chi connectivity index (χ3n) is 4.04. The van der Waals surface area contributed by atoms with Crippen molar-refractivity contribution in [3.05, 3.63) is 52.4 Å². The average molecular weight is 360 g/mol. The Morgan fingerprint density at radius 3 is 2.64 bits per heavy atom. The molecule has 0 aliphatic rings. The van der Waals surface area contributed by atoms with E-state index in [0.717, 1.165) is 21.5 Å². The lowest BCUT2D eigenvalue weighted by molar-refractivity contribution is -0.136. The SMILES string of the molecule is Cc1cc([C@H](C)NC(=O)[C@H](O)[C@H](O)c2nc3ccccc3s2)c(C)o1. The zero-order valence-corrected chi connectivity index (χ0v) is 15.0. The Labute approximate surface area is 149 Å². The molecule has 0 saturated carbocycles. The molecule has 3 rings (SSSR count). The minimum atomic E-state index is -1.60. The fourth-order valence-electron chi connectivity index (χ4n) is 2.75. The molecule has 0 unspecified atom stereocenters. The van der Waals surface area contributed by atoms with Crippen molar-refractivity contribution in [3.63, 3.8) is 0 Å². The first-order valence-corrected chi connectivity index (χ1v) is 8.77. The summed E-state index contributed by atoms with van der Waals surface area (Å²) in [6, 6.07) is 8.91. The topological polar surface area (TPSA) is 95.6 Å². The maximum Gasteiger partial charge on any atom is 0.252 e. The van der Waals surface area contributed by atoms with E-state index >= 15 is 0 Å². The molecule has 0 radical (unpaired) electrons. The predicted octanol–water partition coefficient (Wildman–Crippen LogP) is 2.78. The average Bonchev–Trinajstić information content (AvgIpc) is 3.15. The van der Waals surface area contributed by atoms with Crippen LogP contribution in [0.4, 0.5) is 0 Å². The Morgan fingerprint density at radius 2 is 2.00 bits per heavy atom. The largest absolute Gasteiger partial charge is 0.466 e. The minimum Gasteiger partial charge on any atom is -0.466 e. The van der Waals surface area contributed by atoms with E-state index in [9.17, 15) is 15.0 Å². The van der Waals surface area contributed by atoms with Gasteiger partial charge in [-0.3, -0.25) is 4.79 Å². The zero-order valence-electron chi connectivity index (χ0n) is 14.2. The van der Waals surface area contributed by atoms with E-state index in [1.165, 1.54) is 11.3 Å². The molecule has 0 aliphatic heterocycles. The first kappa shape index (κ1) is 17.6. The number of para-hydroxylation sites is 1. The number of carbonyl (C=O) groups excluding carboxylic acids is 1. The monoisotopic (exact) mass is 360 g/mol. The molecule has 7 heteroatoms. The number of fused-ring (bicyclic) bond motifs is 1. The maximum atomic E-state index is 12.3. The summed E-state index contributed by atoms with van der Waals surface area (Å²) in [5.41, 5.74) is 1.57. The number of amides is 1. The number of aromatic nitrogens is 1. The summed E-state index contributed by atoms with van der Waals surface area (Å²) in [5.74, 6) is 0.813. The number of benzene rings is 1. The van der Waals surface area contributed by atoms with Gasteiger partial charge in [-0.2, -0.15) is 0 Å². The molecular formula is C18H20N2O4S. The molecule has 0 aliphatic carbocycles. The van der Waals surface area contributed by atoms with Crippen LogP contribution in [0.5, 0.6) is 0 Å². The summed E-state index contributed by atoms with van der Waals surface area (Å²) in [7, 11) is 0. The molecular weight excluding hydrogens is 340 g/mol. The van der Waals surface area contributed by atoms with Crippen molar-refractivity contribution in [2.24, 2.45) is 0 Å². The van der Waals surface area contributed by atoms with Gasteiger partial charge in [0.25, 0.3) is 5.91 Å². The zero-order chi connectivity index (χ0) is 18.1. The van der Waals surface area contributed by atoms with Crippen LogP contribution in [-0.4, -0.2) is 27.2 Å². The summed E-state index contributed by atoms with van der Waals surface area (Å²) in [6.45, 7) is 5.44. The minimum absolute atomic E-state index is 0.312. The Kier molecular flexibility index (Phi) is 4.89. The van der Waals surface area contributed by atoms with Crippen LogP contribution in [0.3, 0.4) is 0 Å². The fourth-order valence-corrected chi connectivity index (χ4v) is 3.74. The van der Waals surface area contributed by atoms with Gasteiger partial charge in [0, 0.05) is 5.56 Å². The third-order valence-corrected chi connectivity index (χ3v) is 5.14. The smallest absolute Gasteiger partial charge is 0.252 e. The van der Waals surface area contributed by atoms with Gasteiger partial charge in [-0.1, -0.05) is 12.1 Å². The maximum absolute atomic E-state index is 12.3. The quantitative estimate of drug-likeness (QED) is 0.650. The van der Waals surface area contributed by atoms with Gasteiger partial charge in [0.15, 0.2) is 6.10 Å². The summed E-state index contributed by atoms with van der Waals surface area (Å²) in [4.78, 5) is 16.6. The third kappa shape index (κ3) is 3.58. The summed E-state index contributed by atoms with van der Waals surface area (Å²) in [5, 5.41) is 23.6. The van der Waals surface area contributed by atoms with Gasteiger partial charge in [0.1, 0.15) is 22.6 Å². The Bertz CT molecular complexity index is 869. The normalized spacial score (nSPS) is 15.1. The Morgan fingerprint density at radius 1 is 1.28 bits per heavy atom. The van der Waals surface area contributed by atoms with Crippen molar-refractivity contribution < 1.29 is 19.4 Å². The van der Waals surface area contributed by atoms with E-state index in [0.29, 0.717) is 10.8 Å². The number of rotatable bonds is 5. The first-order chi connectivity index (χ1) is 11.9. The van der Waals surface area contributed by atoms with E-state index in [2.05, 4.69) is 10.3 Å². The van der Waals surface area contributed by atoms with Gasteiger partial charge in [-0.25, -0.2) is 4.98 Å². The number of hydrogen-bond acceptors (Lipinski definition) is 6. The van der Waals surface area contributed by atoms with Crippen LogP contribution in [0.15, 0.2) is 34.7 Å². The second-order valence-corrected chi connectivity index (χ2v) is 7.07. The highest BCUT2D eigenvalue weighted by Crippen LogP contribution is 2.28. The number of aliphatic hydroxyl groups is 2. The standard InChI is InChI=1S/C18H20N2O4S/c1-9-8-12(11(3)24-9)10(2)19-17(23)15(21)16(22)18-20-13-6-4-5-7-14(13)25-18/h4-8,10,15-16,21-22H,1-3H3,(H,19,23)/t10-,15+,16-/m0/s1. The molecule has 0 spiro atoms. The van der Waals surface area contributed by atoms with Crippen LogP contribution in [0.2, 0.25) is 0 Å². The van der Waals surface area contributed by atoms with Crippen LogP contribution >= 0.6 is 11.3 Å². The molecule has 6 nitrogen and oxygen atoms in total. The van der Waals surface area contributed by atoms with Crippen LogP contribution in [0.1, 0.15) is 41.2 Å². The van der Waals surface area contributed by atoms with Crippen molar-refractivity contribution in [1.82, 2.24) is 10.3 Å². The highest BCUT2D eigenvalue weighted by molar-refractivity contribution is 7.18. The van der Waals surface area contributed by atoms with E-state index in [1.54, 1.807) is 6.92 Å². The molecule has 1 aromatic carbocycles. The van der Waals surface area contributed by atoms with E-state index < -0.39 is 18.1 Å². The molecule has 0 fully saturated rings. The highest BCUT2D eigenvalue weighted by Gasteiger charge is 2.29.